The highest BCUT2D eigenvalue weighted by Crippen LogP contribution is 2.49. The molecule has 0 fully saturated rings. The van der Waals surface area contributed by atoms with Gasteiger partial charge in [0.05, 0.1) is 31.5 Å². The molecule has 12 aromatic rings. The Hall–Kier alpha value is -6.44. The number of halogens is 5. The maximum atomic E-state index is 7.11. The molecule has 0 saturated carbocycles. The fraction of sp³-hybridized carbons (Fsp3) is 0.210. The highest BCUT2D eigenvalue weighted by molar-refractivity contribution is 9.10. The molecule has 1 nitrogen and oxygen atoms in total. The topological polar surface area (TPSA) is 3.24 Å². The molecular weight excluding hydrogens is 1270 g/mol. The van der Waals surface area contributed by atoms with Gasteiger partial charge in [-0.3, -0.25) is 0 Å². The summed E-state index contributed by atoms with van der Waals surface area (Å²) in [5.41, 5.74) is 20.1. The fourth-order valence-corrected chi connectivity index (χ4v) is 14.1. The molecule has 0 N–H and O–H groups in total. The predicted octanol–water partition coefficient (Wildman–Crippen LogP) is 27.8. The molecule has 452 valence electrons. The van der Waals surface area contributed by atoms with Crippen LogP contribution in [0.15, 0.2) is 234 Å². The van der Waals surface area contributed by atoms with Crippen LogP contribution in [0, 0.1) is 0 Å². The normalized spacial score (nSPS) is 11.9. The lowest BCUT2D eigenvalue weighted by molar-refractivity contribution is 0.590. The van der Waals surface area contributed by atoms with E-state index in [4.69, 9.17) is 46.4 Å². The van der Waals surface area contributed by atoms with Gasteiger partial charge in [0.15, 0.2) is 0 Å². The van der Waals surface area contributed by atoms with Gasteiger partial charge in [0, 0.05) is 41.1 Å². The van der Waals surface area contributed by atoms with Gasteiger partial charge in [0.2, 0.25) is 0 Å². The Labute approximate surface area is 565 Å². The van der Waals surface area contributed by atoms with Crippen LogP contribution in [0.25, 0.3) is 64.7 Å². The maximum Gasteiger partial charge on any atom is 0.0833 e. The van der Waals surface area contributed by atoms with E-state index in [9.17, 15) is 0 Å². The number of anilines is 3. The molecule has 2 aromatic heterocycles. The third kappa shape index (κ3) is 15.7. The minimum atomic E-state index is 0.0271. The Morgan fingerprint density at radius 2 is 0.730 bits per heavy atom. The van der Waals surface area contributed by atoms with E-state index in [1.165, 1.54) is 74.7 Å². The van der Waals surface area contributed by atoms with Crippen molar-refractivity contribution in [3.05, 3.63) is 287 Å². The molecule has 0 spiro atoms. The van der Waals surface area contributed by atoms with Gasteiger partial charge in [0.25, 0.3) is 0 Å². The number of hydrogen-bond acceptors (Lipinski definition) is 3. The van der Waals surface area contributed by atoms with Gasteiger partial charge in [-0.25, -0.2) is 0 Å². The molecule has 2 heterocycles. The Bertz CT molecular complexity index is 4390. The highest BCUT2D eigenvalue weighted by Gasteiger charge is 2.25. The van der Waals surface area contributed by atoms with E-state index in [-0.39, 0.29) is 21.7 Å². The van der Waals surface area contributed by atoms with E-state index in [1.54, 1.807) is 22.7 Å². The third-order valence-electron chi connectivity index (χ3n) is 16.3. The summed E-state index contributed by atoms with van der Waals surface area (Å²) in [4.78, 5) is 2.27. The van der Waals surface area contributed by atoms with Gasteiger partial charge < -0.3 is 4.90 Å². The molecule has 0 unspecified atom stereocenters. The molecular formula is C81H76BrCl4NS2. The summed E-state index contributed by atoms with van der Waals surface area (Å²) in [6, 6.07) is 77.5. The number of rotatable bonds is 9. The van der Waals surface area contributed by atoms with Crippen molar-refractivity contribution >= 4 is 122 Å². The fourth-order valence-electron chi connectivity index (χ4n) is 10.8. The molecule has 10 aromatic carbocycles. The highest BCUT2D eigenvalue weighted by atomic mass is 79.9. The number of thiophene rings is 2. The molecule has 0 radical (unpaired) electrons. The van der Waals surface area contributed by atoms with Gasteiger partial charge in [-0.2, -0.15) is 0 Å². The average molecular weight is 1350 g/mol. The van der Waals surface area contributed by atoms with E-state index < -0.39 is 0 Å². The zero-order chi connectivity index (χ0) is 63.6. The van der Waals surface area contributed by atoms with Gasteiger partial charge >= 0.3 is 0 Å². The summed E-state index contributed by atoms with van der Waals surface area (Å²) >= 11 is 34.2. The summed E-state index contributed by atoms with van der Waals surface area (Å²) in [5.74, 6) is 0. The van der Waals surface area contributed by atoms with Crippen molar-refractivity contribution in [1.82, 2.24) is 0 Å². The van der Waals surface area contributed by atoms with Gasteiger partial charge in [-0.15, -0.1) is 22.7 Å². The smallest absolute Gasteiger partial charge is 0.0833 e. The predicted molar refractivity (Wildman–Crippen MR) is 398 cm³/mol. The molecule has 0 aliphatic carbocycles. The van der Waals surface area contributed by atoms with Crippen LogP contribution in [0.5, 0.6) is 0 Å². The minimum Gasteiger partial charge on any atom is -0.307 e. The molecule has 0 amide bonds. The van der Waals surface area contributed by atoms with Crippen LogP contribution < -0.4 is 4.90 Å². The Morgan fingerprint density at radius 1 is 0.348 bits per heavy atom. The summed E-state index contributed by atoms with van der Waals surface area (Å²) < 4.78 is 3.80. The quantitative estimate of drug-likeness (QED) is 0.139. The SMILES string of the molecule is CC(C)(C)c1ccc(Cc2cc(-c3ccc(-c4ccccc4)cc3)cc(Cl)c2Cl)cc1.CC(C)(C)c1ccc(N(c2cc(-c3ccc(-c4ccccc4)cc3)cc(Cl)c2Cl)c2csc3ccc(C(C)(C)C)cc23)cc1.CC(C)(C)c1ccc2scc(Br)c2c1. The van der Waals surface area contributed by atoms with Crippen LogP contribution in [-0.4, -0.2) is 0 Å². The van der Waals surface area contributed by atoms with E-state index in [0.29, 0.717) is 20.1 Å². The summed E-state index contributed by atoms with van der Waals surface area (Å²) in [5, 5.41) is 9.20. The van der Waals surface area contributed by atoms with Crippen molar-refractivity contribution in [3.63, 3.8) is 0 Å². The van der Waals surface area contributed by atoms with Crippen LogP contribution in [-0.2, 0) is 28.1 Å². The Kier molecular flexibility index (Phi) is 20.0. The van der Waals surface area contributed by atoms with Gasteiger partial charge in [0.1, 0.15) is 0 Å². The van der Waals surface area contributed by atoms with Crippen LogP contribution in [0.4, 0.5) is 17.1 Å². The first-order chi connectivity index (χ1) is 42.2. The van der Waals surface area contributed by atoms with Crippen LogP contribution in [0.2, 0.25) is 20.1 Å². The second-order valence-corrected chi connectivity index (χ2v) is 31.2. The van der Waals surface area contributed by atoms with E-state index in [2.05, 4.69) is 309 Å². The van der Waals surface area contributed by atoms with Crippen LogP contribution >= 0.6 is 85.0 Å². The standard InChI is InChI=1S/C40H37Cl2NS.C29H26Cl2.C12H13BrS/c1-39(2,3)30-16-19-32(20-17-30)43(36-25-44-37-21-18-31(24-33(36)37)40(4,5)6)35-23-29(22-34(41)38(35)42)28-14-12-27(13-15-28)26-10-8-7-9-11-26;1-29(2,3)26-15-9-20(10-16-26)17-25-18-24(19-27(30)28(25)31)23-13-11-22(12-14-23)21-7-5-4-6-8-21;1-12(2,3)8-4-5-11-9(6-8)10(13)7-14-11/h7-25H,1-6H3;4-16,18-19H,17H2,1-3H3;4-7H,1-3H3. The molecule has 89 heavy (non-hydrogen) atoms. The van der Waals surface area contributed by atoms with Crippen molar-refractivity contribution in [2.45, 2.75) is 111 Å². The Morgan fingerprint density at radius 3 is 1.20 bits per heavy atom. The lowest BCUT2D eigenvalue weighted by atomic mass is 9.86. The lowest BCUT2D eigenvalue weighted by Crippen LogP contribution is -2.14. The van der Waals surface area contributed by atoms with Crippen LogP contribution in [0.1, 0.15) is 116 Å². The lowest BCUT2D eigenvalue weighted by Gasteiger charge is -2.28. The molecule has 0 aliphatic heterocycles. The van der Waals surface area contributed by atoms with Gasteiger partial charge in [-0.1, -0.05) is 287 Å². The molecule has 0 aliphatic rings. The monoisotopic (exact) mass is 1350 g/mol. The maximum absolute atomic E-state index is 7.11. The van der Waals surface area contributed by atoms with Crippen LogP contribution in [0.3, 0.4) is 0 Å². The first kappa shape index (κ1) is 65.5. The largest absolute Gasteiger partial charge is 0.307 e. The number of fused-ring (bicyclic) bond motifs is 2. The summed E-state index contributed by atoms with van der Waals surface area (Å²) in [6.45, 7) is 26.9. The van der Waals surface area contributed by atoms with Crippen molar-refractivity contribution in [1.29, 1.82) is 0 Å². The second kappa shape index (κ2) is 27.2. The van der Waals surface area contributed by atoms with E-state index >= 15 is 0 Å². The first-order valence-corrected chi connectivity index (χ1v) is 34.2. The zero-order valence-corrected chi connectivity index (χ0v) is 59.0. The third-order valence-corrected chi connectivity index (χ3v) is 20.8. The number of nitrogens with zero attached hydrogens (tertiary/aromatic N) is 1. The zero-order valence-electron chi connectivity index (χ0n) is 52.8. The van der Waals surface area contributed by atoms with E-state index in [1.807, 2.05) is 24.3 Å². The minimum absolute atomic E-state index is 0.0271. The van der Waals surface area contributed by atoms with Crippen molar-refractivity contribution in [2.24, 2.45) is 0 Å². The average Bonchev–Trinajstić information content (AvgIpc) is 2.08. The van der Waals surface area contributed by atoms with Crippen molar-refractivity contribution < 1.29 is 0 Å². The van der Waals surface area contributed by atoms with Crippen molar-refractivity contribution in [3.8, 4) is 44.5 Å². The molecule has 8 heteroatoms. The molecule has 0 saturated heterocycles. The number of hydrogen-bond donors (Lipinski definition) is 0. The van der Waals surface area contributed by atoms with E-state index in [0.717, 1.165) is 51.3 Å². The second-order valence-electron chi connectivity index (χ2n) is 27.0. The Balaban J connectivity index is 0.000000167. The van der Waals surface area contributed by atoms with Gasteiger partial charge in [-0.05, 0) is 183 Å². The molecule has 12 rings (SSSR count). The van der Waals surface area contributed by atoms with Crippen molar-refractivity contribution in [2.75, 3.05) is 4.90 Å². The number of benzene rings is 10. The first-order valence-electron chi connectivity index (χ1n) is 30.2. The summed E-state index contributed by atoms with van der Waals surface area (Å²) in [6.07, 6.45) is 0.749. The molecule has 0 bridgehead atoms. The molecule has 0 atom stereocenters. The summed E-state index contributed by atoms with van der Waals surface area (Å²) in [7, 11) is 0.